The van der Waals surface area contributed by atoms with Crippen molar-refractivity contribution in [1.29, 1.82) is 0 Å². The van der Waals surface area contributed by atoms with Gasteiger partial charge in [-0.1, -0.05) is 24.6 Å². The Morgan fingerprint density at radius 2 is 2.28 bits per heavy atom. The van der Waals surface area contributed by atoms with Gasteiger partial charge >= 0.3 is 5.97 Å². The van der Waals surface area contributed by atoms with Gasteiger partial charge in [0.05, 0.1) is 6.21 Å². The van der Waals surface area contributed by atoms with Crippen LogP contribution in [0.1, 0.15) is 50.3 Å². The van der Waals surface area contributed by atoms with Gasteiger partial charge in [0.1, 0.15) is 0 Å². The molecule has 7 heteroatoms. The number of unbranched alkanes of at least 4 members (excludes halogenated alkanes) is 1. The molecule has 0 amide bonds. The number of carbonyl (C=O) groups excluding carboxylic acids is 1. The van der Waals surface area contributed by atoms with Gasteiger partial charge in [0, 0.05) is 49.5 Å². The van der Waals surface area contributed by atoms with E-state index in [0.29, 0.717) is 6.42 Å². The van der Waals surface area contributed by atoms with Gasteiger partial charge in [-0.25, -0.2) is 4.79 Å². The molecule has 0 N–H and O–H groups in total. The number of fused-ring (bicyclic) bond motifs is 1. The van der Waals surface area contributed by atoms with Crippen molar-refractivity contribution in [2.75, 3.05) is 18.0 Å². The number of hydrogen-bond acceptors (Lipinski definition) is 6. The molecule has 136 valence electrons. The summed E-state index contributed by atoms with van der Waals surface area (Å²) in [6.45, 7) is 6.95. The van der Waals surface area contributed by atoms with Crippen LogP contribution in [-0.4, -0.2) is 36.2 Å². The Morgan fingerprint density at radius 3 is 2.92 bits per heavy atom. The zero-order valence-corrected chi connectivity index (χ0v) is 15.0. The Bertz CT molecular complexity index is 673. The Labute approximate surface area is 147 Å². The van der Waals surface area contributed by atoms with Gasteiger partial charge in [-0.3, -0.25) is 10.1 Å². The summed E-state index contributed by atoms with van der Waals surface area (Å²) in [4.78, 5) is 28.6. The summed E-state index contributed by atoms with van der Waals surface area (Å²) >= 11 is 0. The molecule has 1 aliphatic rings. The zero-order chi connectivity index (χ0) is 18.4. The van der Waals surface area contributed by atoms with Crippen molar-refractivity contribution in [2.24, 2.45) is 5.16 Å². The second kappa shape index (κ2) is 8.60. The second-order valence-electron chi connectivity index (χ2n) is 6.44. The first kappa shape index (κ1) is 18.9. The summed E-state index contributed by atoms with van der Waals surface area (Å²) in [5.41, 5.74) is 4.03. The van der Waals surface area contributed by atoms with Crippen LogP contribution in [0.25, 0.3) is 0 Å². The van der Waals surface area contributed by atoms with Crippen LogP contribution in [0, 0.1) is 10.1 Å². The molecule has 0 fully saturated rings. The van der Waals surface area contributed by atoms with E-state index in [1.54, 1.807) is 6.92 Å². The van der Waals surface area contributed by atoms with E-state index in [1.807, 2.05) is 6.07 Å². The largest absolute Gasteiger partial charge is 0.370 e. The minimum absolute atomic E-state index is 0.270. The van der Waals surface area contributed by atoms with E-state index in [4.69, 9.17) is 0 Å². The molecule has 0 bridgehead atoms. The molecule has 0 aromatic heterocycles. The molecular weight excluding hydrogens is 322 g/mol. The fourth-order valence-electron chi connectivity index (χ4n) is 3.09. The average Bonchev–Trinajstić information content (AvgIpc) is 2.95. The molecule has 0 spiro atoms. The van der Waals surface area contributed by atoms with E-state index < -0.39 is 12.0 Å². The van der Waals surface area contributed by atoms with Gasteiger partial charge < -0.3 is 9.74 Å². The summed E-state index contributed by atoms with van der Waals surface area (Å²) in [7, 11) is 0. The van der Waals surface area contributed by atoms with Gasteiger partial charge in [-0.05, 0) is 30.0 Å². The standard InChI is InChI=1S/C18H25N3O4/c1-4-5-7-20-8-6-16-10-15(9-13(2)21(23)24)11-17(18(16)20)12-19-25-14(3)22/h10-13H,4-9H2,1-3H3/b19-12+. The number of hydrogen-bond donors (Lipinski definition) is 0. The quantitative estimate of drug-likeness (QED) is 0.312. The lowest BCUT2D eigenvalue weighted by Gasteiger charge is -2.21. The molecule has 0 saturated heterocycles. The molecule has 1 unspecified atom stereocenters. The summed E-state index contributed by atoms with van der Waals surface area (Å²) < 4.78 is 0. The van der Waals surface area contributed by atoms with E-state index >= 15 is 0 Å². The highest BCUT2D eigenvalue weighted by Crippen LogP contribution is 2.33. The molecule has 0 saturated carbocycles. The van der Waals surface area contributed by atoms with Crippen molar-refractivity contribution < 1.29 is 14.6 Å². The second-order valence-corrected chi connectivity index (χ2v) is 6.44. The highest BCUT2D eigenvalue weighted by atomic mass is 16.7. The summed E-state index contributed by atoms with van der Waals surface area (Å²) in [5.74, 6) is -0.478. The van der Waals surface area contributed by atoms with E-state index in [-0.39, 0.29) is 4.92 Å². The van der Waals surface area contributed by atoms with Crippen LogP contribution in [0.3, 0.4) is 0 Å². The third-order valence-electron chi connectivity index (χ3n) is 4.29. The van der Waals surface area contributed by atoms with Gasteiger partial charge in [0.15, 0.2) is 0 Å². The van der Waals surface area contributed by atoms with Gasteiger partial charge in [0.2, 0.25) is 6.04 Å². The molecule has 25 heavy (non-hydrogen) atoms. The molecule has 0 radical (unpaired) electrons. The normalized spacial score (nSPS) is 14.6. The maximum atomic E-state index is 11.0. The Morgan fingerprint density at radius 1 is 1.52 bits per heavy atom. The fraction of sp³-hybridized carbons (Fsp3) is 0.556. The van der Waals surface area contributed by atoms with Crippen LogP contribution < -0.4 is 4.90 Å². The molecule has 1 aliphatic heterocycles. The number of anilines is 1. The molecule has 7 nitrogen and oxygen atoms in total. The van der Waals surface area contributed by atoms with Crippen molar-refractivity contribution in [3.63, 3.8) is 0 Å². The molecule has 1 heterocycles. The third kappa shape index (κ3) is 5.01. The van der Waals surface area contributed by atoms with Crippen LogP contribution in [0.4, 0.5) is 5.69 Å². The maximum Gasteiger partial charge on any atom is 0.331 e. The van der Waals surface area contributed by atoms with Crippen molar-refractivity contribution in [3.05, 3.63) is 38.9 Å². The Hall–Kier alpha value is -2.44. The number of benzene rings is 1. The van der Waals surface area contributed by atoms with Crippen molar-refractivity contribution in [3.8, 4) is 0 Å². The van der Waals surface area contributed by atoms with Gasteiger partial charge in [0.25, 0.3) is 0 Å². The highest BCUT2D eigenvalue weighted by molar-refractivity contribution is 5.90. The van der Waals surface area contributed by atoms with Crippen LogP contribution in [0.2, 0.25) is 0 Å². The lowest BCUT2D eigenvalue weighted by Crippen LogP contribution is -2.22. The zero-order valence-electron chi connectivity index (χ0n) is 15.0. The molecule has 2 rings (SSSR count). The number of carbonyl (C=O) groups is 1. The highest BCUT2D eigenvalue weighted by Gasteiger charge is 2.24. The third-order valence-corrected chi connectivity index (χ3v) is 4.29. The van der Waals surface area contributed by atoms with Crippen LogP contribution in [0.15, 0.2) is 17.3 Å². The molecule has 1 atom stereocenters. The molecule has 1 aromatic carbocycles. The summed E-state index contributed by atoms with van der Waals surface area (Å²) in [6, 6.07) is 3.33. The van der Waals surface area contributed by atoms with E-state index in [1.165, 1.54) is 18.7 Å². The van der Waals surface area contributed by atoms with Crippen LogP contribution in [0.5, 0.6) is 0 Å². The van der Waals surface area contributed by atoms with Crippen molar-refractivity contribution in [1.82, 2.24) is 0 Å². The van der Waals surface area contributed by atoms with Crippen LogP contribution in [-0.2, 0) is 22.5 Å². The average molecular weight is 347 g/mol. The Kier molecular flexibility index (Phi) is 6.50. The topological polar surface area (TPSA) is 85.0 Å². The molecular formula is C18H25N3O4. The van der Waals surface area contributed by atoms with Crippen molar-refractivity contribution in [2.45, 2.75) is 52.5 Å². The first-order valence-electron chi connectivity index (χ1n) is 8.67. The van der Waals surface area contributed by atoms with E-state index in [9.17, 15) is 14.9 Å². The van der Waals surface area contributed by atoms with E-state index in [2.05, 4.69) is 27.9 Å². The number of rotatable bonds is 8. The smallest absolute Gasteiger partial charge is 0.331 e. The number of nitro groups is 1. The predicted octanol–water partition coefficient (Wildman–Crippen LogP) is 2.95. The first-order valence-corrected chi connectivity index (χ1v) is 8.67. The number of oxime groups is 1. The lowest BCUT2D eigenvalue weighted by atomic mass is 9.99. The SMILES string of the molecule is CCCCN1CCc2cc(CC(C)[N+](=O)[O-])cc(/C=N/OC(C)=O)c21. The summed E-state index contributed by atoms with van der Waals surface area (Å²) in [5, 5.41) is 14.7. The molecule has 1 aromatic rings. The minimum Gasteiger partial charge on any atom is -0.370 e. The van der Waals surface area contributed by atoms with Gasteiger partial charge in [-0.15, -0.1) is 0 Å². The van der Waals surface area contributed by atoms with Crippen LogP contribution >= 0.6 is 0 Å². The number of nitrogens with zero attached hydrogens (tertiary/aromatic N) is 3. The maximum absolute atomic E-state index is 11.0. The lowest BCUT2D eigenvalue weighted by molar-refractivity contribution is -0.517. The monoisotopic (exact) mass is 347 g/mol. The molecule has 0 aliphatic carbocycles. The van der Waals surface area contributed by atoms with Crippen molar-refractivity contribution >= 4 is 17.9 Å². The Balaban J connectivity index is 2.33. The van der Waals surface area contributed by atoms with E-state index in [0.717, 1.165) is 49.2 Å². The fourth-order valence-corrected chi connectivity index (χ4v) is 3.09. The minimum atomic E-state index is -0.645. The van der Waals surface area contributed by atoms with Gasteiger partial charge in [-0.2, -0.15) is 0 Å². The predicted molar refractivity (Wildman–Crippen MR) is 96.8 cm³/mol. The summed E-state index contributed by atoms with van der Waals surface area (Å²) in [6.07, 6.45) is 5.02. The first-order chi connectivity index (χ1) is 11.9.